The minimum absolute atomic E-state index is 0.0602. The van der Waals surface area contributed by atoms with E-state index in [9.17, 15) is 1.37 Å². The van der Waals surface area contributed by atoms with Crippen molar-refractivity contribution < 1.29 is 1.37 Å². The van der Waals surface area contributed by atoms with E-state index in [1.165, 1.54) is 6.33 Å². The van der Waals surface area contributed by atoms with Gasteiger partial charge < -0.3 is 10.6 Å². The van der Waals surface area contributed by atoms with E-state index in [4.69, 9.17) is 23.2 Å². The molecule has 1 aliphatic rings. The average molecular weight is 497 g/mol. The summed E-state index contributed by atoms with van der Waals surface area (Å²) in [4.78, 5) is 8.83. The molecule has 176 valence electrons. The topological polar surface area (TPSA) is 80.5 Å². The number of nitrogens with one attached hydrogen (secondary N) is 2. The number of rotatable bonds is 7. The Morgan fingerprint density at radius 2 is 1.94 bits per heavy atom. The average Bonchev–Trinajstić information content (AvgIpc) is 3.53. The molecule has 2 aromatic heterocycles. The smallest absolute Gasteiger partial charge is 0.137 e. The zero-order valence-electron chi connectivity index (χ0n) is 20.3. The Morgan fingerprint density at radius 3 is 2.68 bits per heavy atom. The van der Waals surface area contributed by atoms with Crippen molar-refractivity contribution in [3.8, 4) is 0 Å². The molecule has 0 spiro atoms. The third kappa shape index (κ3) is 4.95. The molecule has 1 saturated carbocycles. The van der Waals surface area contributed by atoms with Crippen LogP contribution in [0.1, 0.15) is 58.3 Å². The van der Waals surface area contributed by atoms with Crippen LogP contribution in [-0.4, -0.2) is 31.5 Å². The fraction of sp³-hybridized carbons (Fsp3) is 0.360. The van der Waals surface area contributed by atoms with Crippen molar-refractivity contribution >= 4 is 45.6 Å². The highest BCUT2D eigenvalue weighted by molar-refractivity contribution is 6.35. The van der Waals surface area contributed by atoms with Gasteiger partial charge in [-0.2, -0.15) is 0 Å². The maximum atomic E-state index is 9.55. The van der Waals surface area contributed by atoms with Crippen molar-refractivity contribution in [1.82, 2.24) is 25.0 Å². The van der Waals surface area contributed by atoms with Gasteiger partial charge in [0, 0.05) is 22.6 Å². The number of halogens is 2. The van der Waals surface area contributed by atoms with E-state index < -0.39 is 6.02 Å². The molecule has 2 N–H and O–H groups in total. The van der Waals surface area contributed by atoms with Crippen molar-refractivity contribution in [3.05, 3.63) is 70.2 Å². The first-order valence-corrected chi connectivity index (χ1v) is 12.0. The summed E-state index contributed by atoms with van der Waals surface area (Å²) in [6.07, 6.45) is 5.46. The fourth-order valence-corrected chi connectivity index (χ4v) is 4.17. The first-order valence-electron chi connectivity index (χ1n) is 11.8. The third-order valence-corrected chi connectivity index (χ3v) is 6.20. The van der Waals surface area contributed by atoms with Crippen LogP contribution in [0, 0.1) is 5.41 Å². The maximum absolute atomic E-state index is 9.55. The summed E-state index contributed by atoms with van der Waals surface area (Å²) in [6, 6.07) is 9.78. The highest BCUT2D eigenvalue weighted by Gasteiger charge is 2.27. The predicted octanol–water partition coefficient (Wildman–Crippen LogP) is 6.52. The summed E-state index contributed by atoms with van der Waals surface area (Å²) < 4.78 is 11.4. The van der Waals surface area contributed by atoms with Crippen LogP contribution in [-0.2, 0) is 0 Å². The minimum atomic E-state index is -1.50. The lowest BCUT2D eigenvalue weighted by Crippen LogP contribution is -2.19. The minimum Gasteiger partial charge on any atom is -0.373 e. The maximum Gasteiger partial charge on any atom is 0.137 e. The van der Waals surface area contributed by atoms with E-state index in [2.05, 4.69) is 51.7 Å². The lowest BCUT2D eigenvalue weighted by Gasteiger charge is -2.21. The van der Waals surface area contributed by atoms with Crippen LogP contribution in [0.15, 0.2) is 48.9 Å². The van der Waals surface area contributed by atoms with E-state index >= 15 is 0 Å². The number of hydrogen-bond donors (Lipinski definition) is 2. The molecule has 4 aromatic rings. The molecule has 1 aliphatic carbocycles. The van der Waals surface area contributed by atoms with Gasteiger partial charge in [-0.05, 0) is 42.0 Å². The molecule has 0 bridgehead atoms. The molecule has 1 fully saturated rings. The van der Waals surface area contributed by atoms with E-state index in [1.807, 2.05) is 35.1 Å². The molecular formula is C25H27Cl2N7. The lowest BCUT2D eigenvalue weighted by atomic mass is 9.97. The first kappa shape index (κ1) is 21.6. The molecule has 9 heteroatoms. The van der Waals surface area contributed by atoms with Crippen LogP contribution in [0.3, 0.4) is 0 Å². The summed E-state index contributed by atoms with van der Waals surface area (Å²) >= 11 is 13.2. The van der Waals surface area contributed by atoms with Gasteiger partial charge in [0.05, 0.1) is 30.2 Å². The van der Waals surface area contributed by atoms with Gasteiger partial charge in [0.15, 0.2) is 0 Å². The van der Waals surface area contributed by atoms with Gasteiger partial charge in [-0.1, -0.05) is 67.4 Å². The van der Waals surface area contributed by atoms with Crippen molar-refractivity contribution in [2.75, 3.05) is 17.2 Å². The van der Waals surface area contributed by atoms with Gasteiger partial charge in [0.2, 0.25) is 0 Å². The summed E-state index contributed by atoms with van der Waals surface area (Å²) in [5, 5.41) is 17.0. The molecule has 0 saturated heterocycles. The van der Waals surface area contributed by atoms with Crippen molar-refractivity contribution in [1.29, 1.82) is 0 Å². The molecule has 7 nitrogen and oxygen atoms in total. The summed E-state index contributed by atoms with van der Waals surface area (Å²) in [5.41, 5.74) is 2.33. The fourth-order valence-electron chi connectivity index (χ4n) is 3.67. The SMILES string of the molecule is [2H][C@@](Nc1cc(Cl)c2ncnc(NCC(C)(C)C)c2c1)(c1cn(C2CC2)nn1)c1ccccc1Cl. The summed E-state index contributed by atoms with van der Waals surface area (Å²) in [5.74, 6) is 0.684. The Balaban J connectivity index is 1.59. The van der Waals surface area contributed by atoms with Crippen LogP contribution in [0.4, 0.5) is 11.5 Å². The van der Waals surface area contributed by atoms with Crippen LogP contribution < -0.4 is 10.6 Å². The van der Waals surface area contributed by atoms with Crippen LogP contribution >= 0.6 is 23.2 Å². The number of nitrogens with zero attached hydrogens (tertiary/aromatic N) is 5. The standard InChI is InChI=1S/C25H27Cl2N7/c1-25(2,3)13-28-24-18-10-15(11-20(27)22(18)29-14-30-24)31-23(17-6-4-5-7-19(17)26)21-12-34(33-32-21)16-8-9-16/h4-7,10-12,14,16,23,31H,8-9,13H2,1-3H3,(H,28,29,30)/t23-/m0/s1/i23D. The molecule has 0 radical (unpaired) electrons. The molecule has 0 amide bonds. The predicted molar refractivity (Wildman–Crippen MR) is 138 cm³/mol. The van der Waals surface area contributed by atoms with Gasteiger partial charge in [-0.15, -0.1) is 5.10 Å². The molecule has 2 heterocycles. The van der Waals surface area contributed by atoms with E-state index in [-0.39, 0.29) is 5.41 Å². The van der Waals surface area contributed by atoms with Crippen LogP contribution in [0.25, 0.3) is 10.9 Å². The molecular weight excluding hydrogens is 469 g/mol. The highest BCUT2D eigenvalue weighted by Crippen LogP contribution is 2.37. The number of anilines is 2. The van der Waals surface area contributed by atoms with Gasteiger partial charge >= 0.3 is 0 Å². The van der Waals surface area contributed by atoms with Gasteiger partial charge in [0.1, 0.15) is 17.8 Å². The van der Waals surface area contributed by atoms with Crippen LogP contribution in [0.5, 0.6) is 0 Å². The van der Waals surface area contributed by atoms with Gasteiger partial charge in [-0.3, -0.25) is 0 Å². The second-order valence-corrected chi connectivity index (χ2v) is 10.6. The Kier molecular flexibility index (Phi) is 5.75. The Labute approximate surface area is 210 Å². The van der Waals surface area contributed by atoms with Crippen molar-refractivity contribution in [3.63, 3.8) is 0 Å². The summed E-state index contributed by atoms with van der Waals surface area (Å²) in [6.45, 7) is 7.17. The van der Waals surface area contributed by atoms with Gasteiger partial charge in [0.25, 0.3) is 0 Å². The second-order valence-electron chi connectivity index (χ2n) is 9.79. The van der Waals surface area contributed by atoms with Crippen molar-refractivity contribution in [2.45, 2.75) is 45.7 Å². The second kappa shape index (κ2) is 9.04. The third-order valence-electron chi connectivity index (χ3n) is 5.58. The summed E-state index contributed by atoms with van der Waals surface area (Å²) in [7, 11) is 0. The largest absolute Gasteiger partial charge is 0.373 e. The molecule has 0 aliphatic heterocycles. The number of hydrogen-bond acceptors (Lipinski definition) is 6. The molecule has 0 unspecified atom stereocenters. The normalized spacial score (nSPS) is 16.2. The lowest BCUT2D eigenvalue weighted by molar-refractivity contribution is 0.442. The number of aromatic nitrogens is 5. The van der Waals surface area contributed by atoms with Gasteiger partial charge in [-0.25, -0.2) is 14.6 Å². The molecule has 5 rings (SSSR count). The van der Waals surface area contributed by atoms with Crippen molar-refractivity contribution in [2.24, 2.45) is 5.41 Å². The Morgan fingerprint density at radius 1 is 1.15 bits per heavy atom. The molecule has 2 aromatic carbocycles. The van der Waals surface area contributed by atoms with E-state index in [1.54, 1.807) is 12.1 Å². The number of fused-ring (bicyclic) bond motifs is 1. The molecule has 34 heavy (non-hydrogen) atoms. The highest BCUT2D eigenvalue weighted by atomic mass is 35.5. The first-order chi connectivity index (χ1) is 16.6. The Hall–Kier alpha value is -2.90. The zero-order valence-corrected chi connectivity index (χ0v) is 20.8. The van der Waals surface area contributed by atoms with Crippen LogP contribution in [0.2, 0.25) is 10.0 Å². The van der Waals surface area contributed by atoms with E-state index in [0.29, 0.717) is 44.4 Å². The van der Waals surface area contributed by atoms with E-state index in [0.717, 1.165) is 24.8 Å². The monoisotopic (exact) mass is 496 g/mol. The molecule has 1 atom stereocenters. The number of benzene rings is 2. The quantitative estimate of drug-likeness (QED) is 0.303. The Bertz CT molecular complexity index is 1380. The zero-order chi connectivity index (χ0) is 24.8.